The molecule has 3 rings (SSSR count). The lowest BCUT2D eigenvalue weighted by Gasteiger charge is -2.18. The molecule has 1 aromatic heterocycles. The summed E-state index contributed by atoms with van der Waals surface area (Å²) in [5.41, 5.74) is 7.65. The predicted octanol–water partition coefficient (Wildman–Crippen LogP) is 0.700. The molecule has 2 fully saturated rings. The van der Waals surface area contributed by atoms with Crippen molar-refractivity contribution in [2.45, 2.75) is 19.9 Å². The van der Waals surface area contributed by atoms with Crippen LogP contribution in [-0.2, 0) is 6.54 Å². The normalized spacial score (nSPS) is 28.0. The summed E-state index contributed by atoms with van der Waals surface area (Å²) in [6, 6.07) is 0. The Hall–Kier alpha value is -1.16. The van der Waals surface area contributed by atoms with Gasteiger partial charge < -0.3 is 10.6 Å². The van der Waals surface area contributed by atoms with Crippen LogP contribution in [-0.4, -0.2) is 23.1 Å². The average molecular weight is 204 g/mol. The molecule has 4 heteroatoms. The smallest absolute Gasteiger partial charge is 0.225 e. The minimum atomic E-state index is 0.525. The van der Waals surface area contributed by atoms with Crippen LogP contribution in [0.3, 0.4) is 0 Å². The number of hydrogen-bond donors (Lipinski definition) is 1. The first kappa shape index (κ1) is 9.09. The fourth-order valence-corrected chi connectivity index (χ4v) is 2.39. The highest BCUT2D eigenvalue weighted by molar-refractivity contribution is 5.36. The molecular formula is C11H16N4. The Morgan fingerprint density at radius 1 is 1.47 bits per heavy atom. The Bertz CT molecular complexity index is 380. The summed E-state index contributed by atoms with van der Waals surface area (Å²) >= 11 is 0. The molecule has 0 amide bonds. The van der Waals surface area contributed by atoms with Gasteiger partial charge in [0.05, 0.1) is 0 Å². The lowest BCUT2D eigenvalue weighted by atomic mass is 10.2. The maximum Gasteiger partial charge on any atom is 0.225 e. The molecule has 80 valence electrons. The Morgan fingerprint density at radius 3 is 2.80 bits per heavy atom. The highest BCUT2D eigenvalue weighted by Crippen LogP contribution is 2.45. The van der Waals surface area contributed by atoms with Gasteiger partial charge in [-0.3, -0.25) is 0 Å². The van der Waals surface area contributed by atoms with Crippen molar-refractivity contribution in [3.63, 3.8) is 0 Å². The average Bonchev–Trinajstić information content (AvgIpc) is 2.86. The molecule has 1 aromatic rings. The Labute approximate surface area is 89.5 Å². The number of anilines is 1. The van der Waals surface area contributed by atoms with Gasteiger partial charge in [-0.05, 0) is 25.2 Å². The van der Waals surface area contributed by atoms with E-state index in [1.165, 1.54) is 6.42 Å². The van der Waals surface area contributed by atoms with Crippen LogP contribution in [0, 0.1) is 18.8 Å². The van der Waals surface area contributed by atoms with Crippen molar-refractivity contribution in [2.24, 2.45) is 17.6 Å². The second-order valence-corrected chi connectivity index (χ2v) is 4.65. The Balaban J connectivity index is 1.83. The topological polar surface area (TPSA) is 55.0 Å². The van der Waals surface area contributed by atoms with Crippen LogP contribution in [0.4, 0.5) is 5.95 Å². The summed E-state index contributed by atoms with van der Waals surface area (Å²) in [5.74, 6) is 2.73. The van der Waals surface area contributed by atoms with E-state index in [1.807, 2.05) is 13.1 Å². The predicted molar refractivity (Wildman–Crippen MR) is 58.5 cm³/mol. The summed E-state index contributed by atoms with van der Waals surface area (Å²) in [5, 5.41) is 0. The highest BCUT2D eigenvalue weighted by atomic mass is 15.3. The van der Waals surface area contributed by atoms with E-state index in [0.717, 1.165) is 42.1 Å². The van der Waals surface area contributed by atoms with E-state index >= 15 is 0 Å². The van der Waals surface area contributed by atoms with Crippen LogP contribution >= 0.6 is 0 Å². The van der Waals surface area contributed by atoms with Crippen LogP contribution in [0.2, 0.25) is 0 Å². The molecule has 15 heavy (non-hydrogen) atoms. The molecular weight excluding hydrogens is 188 g/mol. The molecule has 4 nitrogen and oxygen atoms in total. The van der Waals surface area contributed by atoms with Gasteiger partial charge in [-0.2, -0.15) is 0 Å². The zero-order chi connectivity index (χ0) is 10.4. The maximum absolute atomic E-state index is 5.59. The molecule has 0 aromatic carbocycles. The maximum atomic E-state index is 5.59. The van der Waals surface area contributed by atoms with Gasteiger partial charge in [0.15, 0.2) is 0 Å². The van der Waals surface area contributed by atoms with Crippen molar-refractivity contribution in [2.75, 3.05) is 18.0 Å². The van der Waals surface area contributed by atoms with E-state index in [9.17, 15) is 0 Å². The molecule has 0 bridgehead atoms. The van der Waals surface area contributed by atoms with Crippen molar-refractivity contribution >= 4 is 5.95 Å². The van der Waals surface area contributed by atoms with Crippen LogP contribution < -0.4 is 10.6 Å². The minimum absolute atomic E-state index is 0.525. The van der Waals surface area contributed by atoms with Gasteiger partial charge >= 0.3 is 0 Å². The van der Waals surface area contributed by atoms with E-state index in [1.54, 1.807) is 0 Å². The molecule has 1 saturated carbocycles. The summed E-state index contributed by atoms with van der Waals surface area (Å²) in [6.07, 6.45) is 3.28. The molecule has 0 spiro atoms. The summed E-state index contributed by atoms with van der Waals surface area (Å²) in [6.45, 7) is 4.82. The van der Waals surface area contributed by atoms with Crippen molar-refractivity contribution in [1.82, 2.24) is 9.97 Å². The zero-order valence-electron chi connectivity index (χ0n) is 8.98. The van der Waals surface area contributed by atoms with E-state index in [2.05, 4.69) is 14.9 Å². The van der Waals surface area contributed by atoms with E-state index in [4.69, 9.17) is 5.73 Å². The lowest BCUT2D eigenvalue weighted by Crippen LogP contribution is -2.24. The number of aryl methyl sites for hydroxylation is 1. The van der Waals surface area contributed by atoms with E-state index < -0.39 is 0 Å². The third-order valence-corrected chi connectivity index (χ3v) is 3.55. The zero-order valence-corrected chi connectivity index (χ0v) is 8.98. The summed E-state index contributed by atoms with van der Waals surface area (Å²) < 4.78 is 0. The summed E-state index contributed by atoms with van der Waals surface area (Å²) in [7, 11) is 0. The van der Waals surface area contributed by atoms with Crippen molar-refractivity contribution in [3.05, 3.63) is 17.5 Å². The lowest BCUT2D eigenvalue weighted by molar-refractivity contribution is 0.779. The molecule has 2 aliphatic rings. The first-order valence-corrected chi connectivity index (χ1v) is 5.55. The molecule has 2 N–H and O–H groups in total. The molecule has 2 heterocycles. The van der Waals surface area contributed by atoms with Gasteiger partial charge in [0.1, 0.15) is 0 Å². The first-order valence-electron chi connectivity index (χ1n) is 5.55. The van der Waals surface area contributed by atoms with Crippen LogP contribution in [0.15, 0.2) is 6.20 Å². The number of aromatic nitrogens is 2. The van der Waals surface area contributed by atoms with E-state index in [0.29, 0.717) is 6.54 Å². The van der Waals surface area contributed by atoms with Gasteiger partial charge in [-0.1, -0.05) is 0 Å². The molecule has 2 unspecified atom stereocenters. The fourth-order valence-electron chi connectivity index (χ4n) is 2.39. The number of nitrogens with two attached hydrogens (primary N) is 1. The number of rotatable bonds is 2. The van der Waals surface area contributed by atoms with Gasteiger partial charge in [-0.25, -0.2) is 9.97 Å². The SMILES string of the molecule is Cc1nc(N2CC3CC3C2)ncc1CN. The van der Waals surface area contributed by atoms with Crippen molar-refractivity contribution in [3.8, 4) is 0 Å². The Kier molecular flexibility index (Phi) is 1.92. The second kappa shape index (κ2) is 3.17. The monoisotopic (exact) mass is 204 g/mol. The third-order valence-electron chi connectivity index (χ3n) is 3.55. The van der Waals surface area contributed by atoms with Gasteiger partial charge in [0.2, 0.25) is 5.95 Å². The van der Waals surface area contributed by atoms with Gasteiger partial charge in [-0.15, -0.1) is 0 Å². The molecule has 2 atom stereocenters. The third kappa shape index (κ3) is 1.49. The van der Waals surface area contributed by atoms with Crippen molar-refractivity contribution in [1.29, 1.82) is 0 Å². The number of nitrogens with zero attached hydrogens (tertiary/aromatic N) is 3. The van der Waals surface area contributed by atoms with Gasteiger partial charge in [0, 0.05) is 37.1 Å². The van der Waals surface area contributed by atoms with Gasteiger partial charge in [0.25, 0.3) is 0 Å². The molecule has 0 radical (unpaired) electrons. The second-order valence-electron chi connectivity index (χ2n) is 4.65. The first-order chi connectivity index (χ1) is 7.28. The number of hydrogen-bond acceptors (Lipinski definition) is 4. The molecule has 1 saturated heterocycles. The fraction of sp³-hybridized carbons (Fsp3) is 0.636. The molecule has 1 aliphatic heterocycles. The summed E-state index contributed by atoms with van der Waals surface area (Å²) in [4.78, 5) is 11.2. The van der Waals surface area contributed by atoms with Crippen LogP contribution in [0.25, 0.3) is 0 Å². The largest absolute Gasteiger partial charge is 0.340 e. The standard InChI is InChI=1S/C11H16N4/c1-7-10(3-12)4-13-11(14-7)15-5-8-2-9(8)6-15/h4,8-9H,2-3,5-6,12H2,1H3. The van der Waals surface area contributed by atoms with Crippen molar-refractivity contribution < 1.29 is 0 Å². The van der Waals surface area contributed by atoms with E-state index in [-0.39, 0.29) is 0 Å². The minimum Gasteiger partial charge on any atom is -0.340 e. The molecule has 1 aliphatic carbocycles. The number of piperidine rings is 1. The quantitative estimate of drug-likeness (QED) is 0.770. The van der Waals surface area contributed by atoms with Crippen LogP contribution in [0.5, 0.6) is 0 Å². The number of fused-ring (bicyclic) bond motifs is 1. The van der Waals surface area contributed by atoms with Crippen LogP contribution in [0.1, 0.15) is 17.7 Å². The Morgan fingerprint density at radius 2 is 2.20 bits per heavy atom. The highest BCUT2D eigenvalue weighted by Gasteiger charge is 2.45.